The van der Waals surface area contributed by atoms with Gasteiger partial charge >= 0.3 is 0 Å². The summed E-state index contributed by atoms with van der Waals surface area (Å²) in [5.41, 5.74) is 5.59. The van der Waals surface area contributed by atoms with Crippen LogP contribution in [0.15, 0.2) is 95.7 Å². The third-order valence-electron chi connectivity index (χ3n) is 5.89. The second-order valence-corrected chi connectivity index (χ2v) is 9.10. The Morgan fingerprint density at radius 1 is 0.969 bits per heavy atom. The molecule has 1 N–H and O–H groups in total. The third kappa shape index (κ3) is 3.85. The largest absolute Gasteiger partial charge is 0.351 e. The first-order valence-electron chi connectivity index (χ1n) is 10.7. The van der Waals surface area contributed by atoms with E-state index in [-0.39, 0.29) is 12.1 Å². The van der Waals surface area contributed by atoms with Crippen LogP contribution >= 0.6 is 28.1 Å². The number of benzene rings is 2. The highest BCUT2D eigenvalue weighted by molar-refractivity contribution is 9.10. The van der Waals surface area contributed by atoms with Gasteiger partial charge in [-0.3, -0.25) is 4.98 Å². The van der Waals surface area contributed by atoms with E-state index in [1.807, 2.05) is 24.4 Å². The van der Waals surface area contributed by atoms with Gasteiger partial charge in [0.1, 0.15) is 6.04 Å². The van der Waals surface area contributed by atoms with Crippen LogP contribution in [0, 0.1) is 0 Å². The fourth-order valence-corrected chi connectivity index (χ4v) is 5.06. The van der Waals surface area contributed by atoms with Gasteiger partial charge in [0.25, 0.3) is 0 Å². The van der Waals surface area contributed by atoms with Crippen molar-refractivity contribution in [2.75, 3.05) is 4.90 Å². The quantitative estimate of drug-likeness (QED) is 0.321. The standard InChI is InChI=1S/C26H23BrN4S/c1-2-18-11-13-20(14-12-18)31-25(24(29-26(31)32)22-9-3-4-15-28-22)23-10-6-16-30(23)21-8-5-7-19(27)17-21/h3-17,24-25H,2H2,1H3,(H,29,32). The number of pyridine rings is 1. The van der Waals surface area contributed by atoms with E-state index in [2.05, 4.69) is 109 Å². The smallest absolute Gasteiger partial charge is 0.174 e. The topological polar surface area (TPSA) is 33.1 Å². The molecule has 1 aliphatic heterocycles. The number of nitrogens with one attached hydrogen (secondary N) is 1. The number of nitrogens with zero attached hydrogens (tertiary/aromatic N) is 3. The molecule has 2 aromatic heterocycles. The van der Waals surface area contributed by atoms with Crippen molar-refractivity contribution in [1.82, 2.24) is 14.9 Å². The van der Waals surface area contributed by atoms with Crippen molar-refractivity contribution in [3.05, 3.63) is 113 Å². The average Bonchev–Trinajstić information content (AvgIpc) is 3.44. The summed E-state index contributed by atoms with van der Waals surface area (Å²) in [7, 11) is 0. The minimum atomic E-state index is -0.0737. The van der Waals surface area contributed by atoms with E-state index in [1.54, 1.807) is 0 Å². The number of anilines is 1. The third-order valence-corrected chi connectivity index (χ3v) is 6.70. The molecule has 4 nitrogen and oxygen atoms in total. The lowest BCUT2D eigenvalue weighted by molar-refractivity contribution is 0.549. The van der Waals surface area contributed by atoms with Crippen molar-refractivity contribution in [1.29, 1.82) is 0 Å². The Morgan fingerprint density at radius 3 is 2.53 bits per heavy atom. The maximum atomic E-state index is 5.86. The van der Waals surface area contributed by atoms with Crippen LogP contribution in [0.4, 0.5) is 5.69 Å². The molecule has 160 valence electrons. The number of hydrogen-bond donors (Lipinski definition) is 1. The molecular formula is C26H23BrN4S. The van der Waals surface area contributed by atoms with Gasteiger partial charge in [0, 0.05) is 33.9 Å². The normalized spacial score (nSPS) is 18.1. The number of rotatable bonds is 5. The molecule has 0 saturated carbocycles. The molecule has 4 aromatic rings. The van der Waals surface area contributed by atoms with Crippen LogP contribution in [-0.2, 0) is 6.42 Å². The molecule has 2 aromatic carbocycles. The average molecular weight is 503 g/mol. The molecule has 1 saturated heterocycles. The molecule has 5 rings (SSSR count). The predicted octanol–water partition coefficient (Wildman–Crippen LogP) is 6.37. The summed E-state index contributed by atoms with van der Waals surface area (Å²) in [5, 5.41) is 4.25. The van der Waals surface area contributed by atoms with E-state index in [1.165, 1.54) is 5.56 Å². The van der Waals surface area contributed by atoms with Crippen LogP contribution in [0.3, 0.4) is 0 Å². The number of halogens is 1. The van der Waals surface area contributed by atoms with E-state index in [4.69, 9.17) is 12.2 Å². The van der Waals surface area contributed by atoms with Crippen LogP contribution in [-0.4, -0.2) is 14.7 Å². The Labute approximate surface area is 202 Å². The van der Waals surface area contributed by atoms with Gasteiger partial charge in [-0.2, -0.15) is 0 Å². The highest BCUT2D eigenvalue weighted by Crippen LogP contribution is 2.42. The molecule has 0 bridgehead atoms. The monoisotopic (exact) mass is 502 g/mol. The van der Waals surface area contributed by atoms with E-state index >= 15 is 0 Å². The summed E-state index contributed by atoms with van der Waals surface area (Å²) in [5.74, 6) is 0. The van der Waals surface area contributed by atoms with Crippen molar-refractivity contribution >= 4 is 38.9 Å². The van der Waals surface area contributed by atoms with E-state index in [0.717, 1.165) is 33.7 Å². The molecule has 1 fully saturated rings. The van der Waals surface area contributed by atoms with Crippen molar-refractivity contribution < 1.29 is 0 Å². The predicted molar refractivity (Wildman–Crippen MR) is 137 cm³/mol. The summed E-state index contributed by atoms with van der Waals surface area (Å²) in [4.78, 5) is 6.88. The minimum Gasteiger partial charge on any atom is -0.351 e. The zero-order valence-corrected chi connectivity index (χ0v) is 20.1. The molecule has 0 spiro atoms. The second kappa shape index (κ2) is 8.88. The molecule has 2 atom stereocenters. The van der Waals surface area contributed by atoms with Gasteiger partial charge in [-0.1, -0.05) is 47.1 Å². The maximum Gasteiger partial charge on any atom is 0.174 e. The Morgan fingerprint density at radius 2 is 1.81 bits per heavy atom. The van der Waals surface area contributed by atoms with Crippen molar-refractivity contribution in [2.24, 2.45) is 0 Å². The summed E-state index contributed by atoms with van der Waals surface area (Å²) < 4.78 is 3.27. The van der Waals surface area contributed by atoms with E-state index in [9.17, 15) is 0 Å². The molecule has 1 aliphatic rings. The summed E-state index contributed by atoms with van der Waals surface area (Å²) >= 11 is 9.47. The Kier molecular flexibility index (Phi) is 5.81. The van der Waals surface area contributed by atoms with E-state index < -0.39 is 0 Å². The Bertz CT molecular complexity index is 1240. The highest BCUT2D eigenvalue weighted by Gasteiger charge is 2.42. The fraction of sp³-hybridized carbons (Fsp3) is 0.154. The number of thiocarbonyl (C=S) groups is 1. The van der Waals surface area contributed by atoms with E-state index in [0.29, 0.717) is 5.11 Å². The Hall–Kier alpha value is -2.96. The number of aryl methyl sites for hydroxylation is 1. The van der Waals surface area contributed by atoms with Crippen LogP contribution in [0.2, 0.25) is 0 Å². The first-order chi connectivity index (χ1) is 15.7. The zero-order chi connectivity index (χ0) is 22.1. The summed E-state index contributed by atoms with van der Waals surface area (Å²) in [6.07, 6.45) is 4.95. The number of aromatic nitrogens is 2. The Balaban J connectivity index is 1.65. The van der Waals surface area contributed by atoms with Gasteiger partial charge < -0.3 is 14.8 Å². The molecule has 6 heteroatoms. The van der Waals surface area contributed by atoms with Gasteiger partial charge in [-0.05, 0) is 78.8 Å². The number of hydrogen-bond acceptors (Lipinski definition) is 2. The second-order valence-electron chi connectivity index (χ2n) is 7.80. The zero-order valence-electron chi connectivity index (χ0n) is 17.6. The molecule has 2 unspecified atom stereocenters. The van der Waals surface area contributed by atoms with Crippen LogP contribution in [0.25, 0.3) is 5.69 Å². The van der Waals surface area contributed by atoms with Gasteiger partial charge in [-0.25, -0.2) is 0 Å². The highest BCUT2D eigenvalue weighted by atomic mass is 79.9. The first kappa shape index (κ1) is 20.9. The van der Waals surface area contributed by atoms with Crippen LogP contribution < -0.4 is 10.2 Å². The molecule has 0 amide bonds. The molecule has 32 heavy (non-hydrogen) atoms. The first-order valence-corrected chi connectivity index (χ1v) is 11.9. The lowest BCUT2D eigenvalue weighted by Gasteiger charge is -2.29. The van der Waals surface area contributed by atoms with Crippen LogP contribution in [0.5, 0.6) is 0 Å². The van der Waals surface area contributed by atoms with Gasteiger partial charge in [-0.15, -0.1) is 0 Å². The molecule has 0 aliphatic carbocycles. The van der Waals surface area contributed by atoms with Crippen LogP contribution in [0.1, 0.15) is 36.0 Å². The molecule has 0 radical (unpaired) electrons. The fourth-order valence-electron chi connectivity index (χ4n) is 4.32. The molecular weight excluding hydrogens is 480 g/mol. The summed E-state index contributed by atoms with van der Waals surface area (Å²) in [6, 6.07) is 27.2. The SMILES string of the molecule is CCc1ccc(N2C(=S)NC(c3ccccn3)C2c2cccn2-c2cccc(Br)c2)cc1. The van der Waals surface area contributed by atoms with Gasteiger partial charge in [0.2, 0.25) is 0 Å². The van der Waals surface area contributed by atoms with Gasteiger partial charge in [0.15, 0.2) is 5.11 Å². The summed E-state index contributed by atoms with van der Waals surface area (Å²) in [6.45, 7) is 2.17. The minimum absolute atomic E-state index is 0.0566. The lowest BCUT2D eigenvalue weighted by atomic mass is 10.0. The van der Waals surface area contributed by atoms with Gasteiger partial charge in [0.05, 0.1) is 11.7 Å². The maximum absolute atomic E-state index is 5.86. The van der Waals surface area contributed by atoms with Crippen molar-refractivity contribution in [3.63, 3.8) is 0 Å². The lowest BCUT2D eigenvalue weighted by Crippen LogP contribution is -2.30. The van der Waals surface area contributed by atoms with Crippen molar-refractivity contribution in [2.45, 2.75) is 25.4 Å². The molecule has 3 heterocycles. The van der Waals surface area contributed by atoms with Crippen molar-refractivity contribution in [3.8, 4) is 5.69 Å².